The van der Waals surface area contributed by atoms with E-state index in [9.17, 15) is 9.18 Å². The molecule has 1 aromatic carbocycles. The number of aromatic amines is 1. The van der Waals surface area contributed by atoms with Gasteiger partial charge in [-0.05, 0) is 44.0 Å². The number of nitrogens with zero attached hydrogens (tertiary/aromatic N) is 4. The minimum Gasteiger partial charge on any atom is -0.288 e. The van der Waals surface area contributed by atoms with Gasteiger partial charge < -0.3 is 0 Å². The van der Waals surface area contributed by atoms with Gasteiger partial charge >= 0.3 is 0 Å². The Kier molecular flexibility index (Phi) is 4.97. The Hall–Kier alpha value is -1.78. The van der Waals surface area contributed by atoms with E-state index >= 15 is 0 Å². The molecule has 0 aliphatic heterocycles. The summed E-state index contributed by atoms with van der Waals surface area (Å²) in [5, 5.41) is 13.3. The Bertz CT molecular complexity index is 892. The predicted octanol–water partition coefficient (Wildman–Crippen LogP) is 3.62. The molecule has 2 heterocycles. The molecule has 0 fully saturated rings. The average Bonchev–Trinajstić information content (AvgIpc) is 3.11. The molecule has 0 aliphatic carbocycles. The summed E-state index contributed by atoms with van der Waals surface area (Å²) in [4.78, 5) is 16.1. The first kappa shape index (κ1) is 17.1. The van der Waals surface area contributed by atoms with Crippen LogP contribution in [0.4, 0.5) is 10.3 Å². The molecule has 0 bridgehead atoms. The number of carbonyl (C=O) groups is 1. The summed E-state index contributed by atoms with van der Waals surface area (Å²) in [6.45, 7) is 0.0893. The summed E-state index contributed by atoms with van der Waals surface area (Å²) in [6, 6.07) is 4.42. The van der Waals surface area contributed by atoms with Gasteiger partial charge in [-0.25, -0.2) is 14.1 Å². The molecule has 0 unspecified atom stereocenters. The zero-order chi connectivity index (χ0) is 17.3. The van der Waals surface area contributed by atoms with Crippen LogP contribution in [-0.4, -0.2) is 30.9 Å². The van der Waals surface area contributed by atoms with Gasteiger partial charge in [0.25, 0.3) is 5.91 Å². The van der Waals surface area contributed by atoms with E-state index in [1.165, 1.54) is 23.1 Å². The van der Waals surface area contributed by atoms with Gasteiger partial charge in [0.15, 0.2) is 5.69 Å². The normalized spacial score (nSPS) is 10.8. The van der Waals surface area contributed by atoms with E-state index in [1.54, 1.807) is 6.07 Å². The largest absolute Gasteiger partial charge is 0.288 e. The number of aromatic nitrogens is 5. The highest BCUT2D eigenvalue weighted by atomic mass is 79.9. The summed E-state index contributed by atoms with van der Waals surface area (Å²) in [5.41, 5.74) is 0.441. The quantitative estimate of drug-likeness (QED) is 0.600. The number of hydrogen-bond acceptors (Lipinski definition) is 4. The fourth-order valence-corrected chi connectivity index (χ4v) is 2.75. The van der Waals surface area contributed by atoms with Crippen LogP contribution in [0.2, 0.25) is 5.02 Å². The van der Waals surface area contributed by atoms with Crippen molar-refractivity contribution in [2.24, 2.45) is 0 Å². The van der Waals surface area contributed by atoms with Crippen molar-refractivity contribution in [1.82, 2.24) is 25.0 Å². The van der Waals surface area contributed by atoms with Crippen LogP contribution in [0.5, 0.6) is 0 Å². The second-order valence-corrected chi connectivity index (χ2v) is 6.61. The Morgan fingerprint density at radius 3 is 2.88 bits per heavy atom. The van der Waals surface area contributed by atoms with E-state index in [0.29, 0.717) is 19.7 Å². The van der Waals surface area contributed by atoms with E-state index in [-0.39, 0.29) is 18.2 Å². The Balaban J connectivity index is 1.74. The van der Waals surface area contributed by atoms with Gasteiger partial charge in [-0.15, -0.1) is 5.10 Å². The lowest BCUT2D eigenvalue weighted by Gasteiger charge is -2.05. The van der Waals surface area contributed by atoms with Gasteiger partial charge in [0, 0.05) is 10.6 Å². The van der Waals surface area contributed by atoms with E-state index < -0.39 is 11.7 Å². The highest BCUT2D eigenvalue weighted by Gasteiger charge is 2.18. The summed E-state index contributed by atoms with van der Waals surface area (Å²) < 4.78 is 16.2. The van der Waals surface area contributed by atoms with Gasteiger partial charge in [0.1, 0.15) is 16.7 Å². The van der Waals surface area contributed by atoms with E-state index in [2.05, 4.69) is 57.5 Å². The number of benzene rings is 1. The molecule has 0 aliphatic rings. The molecule has 0 saturated carbocycles. The van der Waals surface area contributed by atoms with Crippen molar-refractivity contribution < 1.29 is 9.18 Å². The first-order valence-corrected chi connectivity index (χ1v) is 8.45. The molecule has 24 heavy (non-hydrogen) atoms. The first-order chi connectivity index (χ1) is 11.5. The number of halogens is 4. The minimum atomic E-state index is -0.495. The number of H-pyrrole nitrogens is 1. The molecule has 11 heteroatoms. The molecule has 3 rings (SSSR count). The maximum absolute atomic E-state index is 13.8. The van der Waals surface area contributed by atoms with Crippen molar-refractivity contribution >= 4 is 55.3 Å². The Morgan fingerprint density at radius 1 is 1.42 bits per heavy atom. The maximum atomic E-state index is 13.8. The molecule has 2 aromatic heterocycles. The molecular formula is C13H8Br2ClFN6O. The van der Waals surface area contributed by atoms with Crippen molar-refractivity contribution in [2.45, 2.75) is 6.54 Å². The molecule has 0 spiro atoms. The van der Waals surface area contributed by atoms with Crippen molar-refractivity contribution in [2.75, 3.05) is 5.32 Å². The zero-order valence-electron chi connectivity index (χ0n) is 11.7. The second-order valence-electron chi connectivity index (χ2n) is 4.62. The second kappa shape index (κ2) is 6.99. The van der Waals surface area contributed by atoms with Gasteiger partial charge in [0.2, 0.25) is 5.95 Å². The smallest absolute Gasteiger partial charge is 0.279 e. The Morgan fingerprint density at radius 2 is 2.21 bits per heavy atom. The zero-order valence-corrected chi connectivity index (χ0v) is 15.7. The third-order valence-electron chi connectivity index (χ3n) is 3.03. The van der Waals surface area contributed by atoms with E-state index in [4.69, 9.17) is 11.6 Å². The summed E-state index contributed by atoms with van der Waals surface area (Å²) >= 11 is 12.4. The summed E-state index contributed by atoms with van der Waals surface area (Å²) in [5.74, 6) is -0.863. The average molecular weight is 479 g/mol. The van der Waals surface area contributed by atoms with Crippen LogP contribution in [-0.2, 0) is 6.54 Å². The number of anilines is 1. The fraction of sp³-hybridized carbons (Fsp3) is 0.0769. The van der Waals surface area contributed by atoms with Crippen molar-refractivity contribution in [3.8, 4) is 0 Å². The molecule has 1 amide bonds. The lowest BCUT2D eigenvalue weighted by atomic mass is 10.2. The maximum Gasteiger partial charge on any atom is 0.279 e. The number of nitrogens with one attached hydrogen (secondary N) is 2. The van der Waals surface area contributed by atoms with Crippen LogP contribution in [0.25, 0.3) is 0 Å². The van der Waals surface area contributed by atoms with E-state index in [1.807, 2.05) is 0 Å². The van der Waals surface area contributed by atoms with Crippen LogP contribution in [0.3, 0.4) is 0 Å². The summed E-state index contributed by atoms with van der Waals surface area (Å²) in [6.07, 6.45) is 1.37. The van der Waals surface area contributed by atoms with Crippen molar-refractivity contribution in [3.63, 3.8) is 0 Å². The Labute approximate surface area is 156 Å². The van der Waals surface area contributed by atoms with Gasteiger partial charge in [-0.2, -0.15) is 5.10 Å². The fourth-order valence-electron chi connectivity index (χ4n) is 1.89. The van der Waals surface area contributed by atoms with Crippen LogP contribution < -0.4 is 5.32 Å². The van der Waals surface area contributed by atoms with Crippen molar-refractivity contribution in [3.05, 3.63) is 55.7 Å². The highest BCUT2D eigenvalue weighted by Crippen LogP contribution is 2.24. The lowest BCUT2D eigenvalue weighted by Crippen LogP contribution is -2.14. The predicted molar refractivity (Wildman–Crippen MR) is 92.5 cm³/mol. The molecule has 124 valence electrons. The lowest BCUT2D eigenvalue weighted by molar-refractivity contribution is 0.102. The first-order valence-electron chi connectivity index (χ1n) is 6.48. The van der Waals surface area contributed by atoms with E-state index in [0.717, 1.165) is 0 Å². The van der Waals surface area contributed by atoms with Crippen LogP contribution >= 0.6 is 43.5 Å². The monoisotopic (exact) mass is 476 g/mol. The van der Waals surface area contributed by atoms with Gasteiger partial charge in [-0.3, -0.25) is 15.2 Å². The minimum absolute atomic E-state index is 0.0680. The third-order valence-corrected chi connectivity index (χ3v) is 5.26. The van der Waals surface area contributed by atoms with Crippen LogP contribution in [0, 0.1) is 5.82 Å². The molecule has 3 aromatic rings. The number of hydrogen-bond donors (Lipinski definition) is 2. The topological polar surface area (TPSA) is 88.5 Å². The van der Waals surface area contributed by atoms with Crippen LogP contribution in [0.1, 0.15) is 16.1 Å². The van der Waals surface area contributed by atoms with Gasteiger partial charge in [0.05, 0.1) is 11.0 Å². The van der Waals surface area contributed by atoms with Gasteiger partial charge in [-0.1, -0.05) is 17.7 Å². The third kappa shape index (κ3) is 3.50. The molecule has 7 nitrogen and oxygen atoms in total. The number of amides is 1. The van der Waals surface area contributed by atoms with Crippen LogP contribution in [0.15, 0.2) is 33.6 Å². The number of carbonyl (C=O) groups excluding carboxylic acids is 1. The number of rotatable bonds is 4. The summed E-state index contributed by atoms with van der Waals surface area (Å²) in [7, 11) is 0. The molecular weight excluding hydrogens is 470 g/mol. The van der Waals surface area contributed by atoms with Crippen molar-refractivity contribution in [1.29, 1.82) is 0 Å². The standard InChI is InChI=1S/C13H8Br2ClFN6O/c14-9-10(20-21-11(9)15)12(24)19-13-18-5-23(22-13)4-6-7(16)2-1-3-8(6)17/h1-3,5H,4H2,(H,20,21)(H,19,22,24). The molecule has 2 N–H and O–H groups in total. The highest BCUT2D eigenvalue weighted by molar-refractivity contribution is 9.13. The molecule has 0 radical (unpaired) electrons. The molecule has 0 atom stereocenters. The molecule has 0 saturated heterocycles. The SMILES string of the molecule is O=C(Nc1ncn(Cc2c(F)cccc2Cl)n1)c1n[nH]c(Br)c1Br.